The van der Waals surface area contributed by atoms with Crippen molar-refractivity contribution in [3.63, 3.8) is 0 Å². The Bertz CT molecular complexity index is 724. The van der Waals surface area contributed by atoms with Crippen LogP contribution < -0.4 is 10.2 Å². The topological polar surface area (TPSA) is 39.1 Å². The van der Waals surface area contributed by atoms with Gasteiger partial charge in [0, 0.05) is 23.0 Å². The van der Waals surface area contributed by atoms with Gasteiger partial charge in [0.1, 0.15) is 6.01 Å². The number of hydrogen-bond acceptors (Lipinski definition) is 3. The second kappa shape index (κ2) is 8.29. The van der Waals surface area contributed by atoms with Gasteiger partial charge >= 0.3 is 0 Å². The van der Waals surface area contributed by atoms with E-state index in [1.807, 2.05) is 24.3 Å². The number of alkyl halides is 1. The fourth-order valence-electron chi connectivity index (χ4n) is 1.90. The average molecular weight is 368 g/mol. The molecule has 0 aromatic heterocycles. The molecule has 0 saturated heterocycles. The standard InChI is InChI=1S/C16H15ClFN3S2/c1-21(12-4-2-3-11(7-12)9-22)16(19)20-15-8-13(23-10-18)5-6-14(15)17/h2-9H,10H2,1H3,(H2,19,20). The Morgan fingerprint density at radius 3 is 2.87 bits per heavy atom. The Hall–Kier alpha value is -1.63. The van der Waals surface area contributed by atoms with Gasteiger partial charge in [0.2, 0.25) is 0 Å². The van der Waals surface area contributed by atoms with Crippen molar-refractivity contribution < 1.29 is 4.39 Å². The average Bonchev–Trinajstić information content (AvgIpc) is 2.57. The third-order valence-corrected chi connectivity index (χ3v) is 4.44. The molecule has 0 amide bonds. The number of thioether (sulfide) groups is 1. The predicted molar refractivity (Wildman–Crippen MR) is 102 cm³/mol. The van der Waals surface area contributed by atoms with Gasteiger partial charge in [0.15, 0.2) is 5.96 Å². The lowest BCUT2D eigenvalue weighted by Crippen LogP contribution is -2.32. The lowest BCUT2D eigenvalue weighted by atomic mass is 10.2. The van der Waals surface area contributed by atoms with E-state index in [0.717, 1.165) is 27.9 Å². The van der Waals surface area contributed by atoms with E-state index in [0.29, 0.717) is 10.7 Å². The van der Waals surface area contributed by atoms with Crippen LogP contribution in [-0.2, 0) is 0 Å². The van der Waals surface area contributed by atoms with E-state index in [-0.39, 0.29) is 5.96 Å². The summed E-state index contributed by atoms with van der Waals surface area (Å²) in [5, 5.41) is 13.2. The summed E-state index contributed by atoms with van der Waals surface area (Å²) in [6.45, 7) is 0. The number of anilines is 2. The Kier molecular flexibility index (Phi) is 6.38. The SMILES string of the molecule is CN(C(=N)Nc1cc(SCF)ccc1Cl)c1cccc(C=S)c1. The summed E-state index contributed by atoms with van der Waals surface area (Å²) in [4.78, 5) is 2.42. The first-order valence-electron chi connectivity index (χ1n) is 6.68. The minimum atomic E-state index is -0.511. The Morgan fingerprint density at radius 1 is 1.39 bits per heavy atom. The maximum Gasteiger partial charge on any atom is 0.199 e. The summed E-state index contributed by atoms with van der Waals surface area (Å²) in [6, 6.07) is 12.2. The number of nitrogens with zero attached hydrogens (tertiary/aromatic N) is 1. The molecular weight excluding hydrogens is 353 g/mol. The van der Waals surface area contributed by atoms with Gasteiger partial charge in [-0.3, -0.25) is 5.41 Å². The lowest BCUT2D eigenvalue weighted by molar-refractivity contribution is 0.606. The number of halogens is 2. The molecule has 23 heavy (non-hydrogen) atoms. The molecule has 0 atom stereocenters. The normalized spacial score (nSPS) is 10.2. The van der Waals surface area contributed by atoms with Gasteiger partial charge in [0.05, 0.1) is 10.7 Å². The maximum atomic E-state index is 12.4. The van der Waals surface area contributed by atoms with Gasteiger partial charge < -0.3 is 10.2 Å². The predicted octanol–water partition coefficient (Wildman–Crippen LogP) is 5.19. The van der Waals surface area contributed by atoms with Crippen LogP contribution in [0.1, 0.15) is 5.56 Å². The summed E-state index contributed by atoms with van der Waals surface area (Å²) in [5.41, 5.74) is 2.29. The second-order valence-electron chi connectivity index (χ2n) is 4.64. The Balaban J connectivity index is 2.17. The molecule has 0 unspecified atom stereocenters. The summed E-state index contributed by atoms with van der Waals surface area (Å²) in [6.07, 6.45) is 0. The van der Waals surface area contributed by atoms with Crippen molar-refractivity contribution in [3.8, 4) is 0 Å². The number of rotatable bonds is 5. The van der Waals surface area contributed by atoms with Gasteiger partial charge in [0.25, 0.3) is 0 Å². The van der Waals surface area contributed by atoms with Gasteiger partial charge in [-0.25, -0.2) is 4.39 Å². The van der Waals surface area contributed by atoms with Crippen molar-refractivity contribution in [1.29, 1.82) is 5.41 Å². The summed E-state index contributed by atoms with van der Waals surface area (Å²) in [5.74, 6) is 0.149. The van der Waals surface area contributed by atoms with Crippen LogP contribution in [0.25, 0.3) is 0 Å². The smallest absolute Gasteiger partial charge is 0.199 e. The lowest BCUT2D eigenvalue weighted by Gasteiger charge is -2.22. The van der Waals surface area contributed by atoms with Gasteiger partial charge in [-0.1, -0.05) is 47.7 Å². The van der Waals surface area contributed by atoms with E-state index in [9.17, 15) is 4.39 Å². The molecule has 0 radical (unpaired) electrons. The largest absolute Gasteiger partial charge is 0.325 e. The molecule has 0 spiro atoms. The number of benzene rings is 2. The van der Waals surface area contributed by atoms with Crippen LogP contribution in [0.2, 0.25) is 5.02 Å². The molecule has 2 aromatic rings. The van der Waals surface area contributed by atoms with Crippen LogP contribution in [0.5, 0.6) is 0 Å². The molecule has 3 nitrogen and oxygen atoms in total. The first-order valence-corrected chi connectivity index (χ1v) is 8.51. The molecule has 0 aliphatic carbocycles. The van der Waals surface area contributed by atoms with Crippen LogP contribution in [0.3, 0.4) is 0 Å². The zero-order chi connectivity index (χ0) is 16.8. The van der Waals surface area contributed by atoms with Crippen molar-refractivity contribution in [2.24, 2.45) is 0 Å². The third-order valence-electron chi connectivity index (χ3n) is 3.14. The quantitative estimate of drug-likeness (QED) is 0.330. The van der Waals surface area contributed by atoms with Crippen molar-refractivity contribution in [1.82, 2.24) is 0 Å². The van der Waals surface area contributed by atoms with Crippen LogP contribution in [0, 0.1) is 5.41 Å². The minimum absolute atomic E-state index is 0.149. The van der Waals surface area contributed by atoms with Crippen LogP contribution in [0.15, 0.2) is 47.4 Å². The third kappa shape index (κ3) is 4.67. The second-order valence-corrected chi connectivity index (χ2v) is 6.26. The van der Waals surface area contributed by atoms with Crippen LogP contribution >= 0.6 is 35.6 Å². The molecular formula is C16H15ClFN3S2. The van der Waals surface area contributed by atoms with Crippen molar-refractivity contribution in [2.45, 2.75) is 4.90 Å². The highest BCUT2D eigenvalue weighted by Crippen LogP contribution is 2.29. The van der Waals surface area contributed by atoms with E-state index in [1.54, 1.807) is 35.5 Å². The highest BCUT2D eigenvalue weighted by atomic mass is 35.5. The molecule has 2 aromatic carbocycles. The van der Waals surface area contributed by atoms with E-state index >= 15 is 0 Å². The highest BCUT2D eigenvalue weighted by molar-refractivity contribution is 7.99. The van der Waals surface area contributed by atoms with Crippen LogP contribution in [-0.4, -0.2) is 24.4 Å². The van der Waals surface area contributed by atoms with Crippen molar-refractivity contribution in [3.05, 3.63) is 53.1 Å². The zero-order valence-corrected chi connectivity index (χ0v) is 14.7. The number of guanidine groups is 1. The number of nitrogens with one attached hydrogen (secondary N) is 2. The molecule has 0 bridgehead atoms. The highest BCUT2D eigenvalue weighted by Gasteiger charge is 2.10. The number of thiocarbonyl (C=S) groups is 1. The summed E-state index contributed by atoms with van der Waals surface area (Å²) in [7, 11) is 1.77. The monoisotopic (exact) mass is 367 g/mol. The molecule has 0 aliphatic rings. The zero-order valence-electron chi connectivity index (χ0n) is 12.3. The van der Waals surface area contributed by atoms with Gasteiger partial charge in [-0.05, 0) is 35.9 Å². The molecule has 0 aliphatic heterocycles. The first-order chi connectivity index (χ1) is 11.0. The fraction of sp³-hybridized carbons (Fsp3) is 0.125. The maximum absolute atomic E-state index is 12.4. The van der Waals surface area contributed by atoms with E-state index in [1.165, 1.54) is 0 Å². The van der Waals surface area contributed by atoms with E-state index in [4.69, 9.17) is 29.2 Å². The number of hydrogen-bond donors (Lipinski definition) is 2. The molecule has 2 rings (SSSR count). The molecule has 7 heteroatoms. The molecule has 0 saturated carbocycles. The molecule has 2 N–H and O–H groups in total. The first kappa shape index (κ1) is 17.7. The van der Waals surface area contributed by atoms with Crippen LogP contribution in [0.4, 0.5) is 15.8 Å². The van der Waals surface area contributed by atoms with Crippen molar-refractivity contribution in [2.75, 3.05) is 23.3 Å². The summed E-state index contributed by atoms with van der Waals surface area (Å²) >= 11 is 12.1. The van der Waals surface area contributed by atoms with E-state index < -0.39 is 6.01 Å². The van der Waals surface area contributed by atoms with E-state index in [2.05, 4.69) is 5.32 Å². The molecule has 120 valence electrons. The minimum Gasteiger partial charge on any atom is -0.325 e. The van der Waals surface area contributed by atoms with Crippen molar-refractivity contribution >= 4 is 58.3 Å². The Morgan fingerprint density at radius 2 is 2.17 bits per heavy atom. The fourth-order valence-corrected chi connectivity index (χ4v) is 2.70. The molecule has 0 fully saturated rings. The van der Waals surface area contributed by atoms with Gasteiger partial charge in [-0.2, -0.15) is 0 Å². The summed E-state index contributed by atoms with van der Waals surface area (Å²) < 4.78 is 12.4. The van der Waals surface area contributed by atoms with Gasteiger partial charge in [-0.15, -0.1) is 0 Å². The molecule has 0 heterocycles. The Labute approximate surface area is 149 Å².